The Morgan fingerprint density at radius 2 is 1.88 bits per heavy atom. The van der Waals surface area contributed by atoms with Crippen LogP contribution in [0.2, 0.25) is 0 Å². The van der Waals surface area contributed by atoms with Crippen molar-refractivity contribution in [1.82, 2.24) is 4.72 Å². The number of sulfonamides is 1. The molecule has 0 aliphatic heterocycles. The number of hydrogen-bond donors (Lipinski definition) is 1. The summed E-state index contributed by atoms with van der Waals surface area (Å²) in [5.41, 5.74) is -0.114. The first kappa shape index (κ1) is 14.5. The average Bonchev–Trinajstić information content (AvgIpc) is 2.23. The predicted molar refractivity (Wildman–Crippen MR) is 65.4 cm³/mol. The van der Waals surface area contributed by atoms with Crippen molar-refractivity contribution in [3.63, 3.8) is 0 Å². The molecule has 1 N–H and O–H groups in total. The van der Waals surface area contributed by atoms with Gasteiger partial charge in [-0.1, -0.05) is 22.0 Å². The molecule has 0 fully saturated rings. The van der Waals surface area contributed by atoms with E-state index >= 15 is 0 Å². The van der Waals surface area contributed by atoms with E-state index in [4.69, 9.17) is 0 Å². The van der Waals surface area contributed by atoms with Gasteiger partial charge in [-0.15, -0.1) is 0 Å². The Morgan fingerprint density at radius 3 is 2.35 bits per heavy atom. The van der Waals surface area contributed by atoms with Crippen LogP contribution in [0.15, 0.2) is 18.2 Å². The molecule has 1 aromatic carbocycles. The molecule has 0 aliphatic carbocycles. The maximum atomic E-state index is 13.3. The molecule has 0 heterocycles. The summed E-state index contributed by atoms with van der Waals surface area (Å²) >= 11 is 2.82. The SMILES string of the molecule is CC(Cc1c(F)cccc1F)NS(=O)(=O)CBr. The summed E-state index contributed by atoms with van der Waals surface area (Å²) in [6.07, 6.45) is -0.0370. The first-order chi connectivity index (χ1) is 7.85. The van der Waals surface area contributed by atoms with Crippen LogP contribution in [0.1, 0.15) is 12.5 Å². The van der Waals surface area contributed by atoms with Crippen LogP contribution in [-0.4, -0.2) is 19.1 Å². The normalized spacial score (nSPS) is 13.6. The van der Waals surface area contributed by atoms with Crippen LogP contribution >= 0.6 is 15.9 Å². The molecular formula is C10H12BrF2NO2S. The van der Waals surface area contributed by atoms with E-state index in [1.54, 1.807) is 6.92 Å². The van der Waals surface area contributed by atoms with Gasteiger partial charge in [-0.2, -0.15) is 0 Å². The minimum absolute atomic E-state index is 0.0370. The van der Waals surface area contributed by atoms with Crippen LogP contribution in [0.4, 0.5) is 8.78 Å². The minimum Gasteiger partial charge on any atom is -0.212 e. The molecule has 1 aromatic rings. The lowest BCUT2D eigenvalue weighted by Crippen LogP contribution is -2.35. The molecular weight excluding hydrogens is 316 g/mol. The second-order valence-electron chi connectivity index (χ2n) is 3.65. The van der Waals surface area contributed by atoms with Gasteiger partial charge in [0, 0.05) is 11.6 Å². The van der Waals surface area contributed by atoms with Crippen molar-refractivity contribution in [2.75, 3.05) is 4.66 Å². The second-order valence-corrected chi connectivity index (χ2v) is 6.70. The highest BCUT2D eigenvalue weighted by Gasteiger charge is 2.16. The van der Waals surface area contributed by atoms with Crippen LogP contribution in [0.5, 0.6) is 0 Å². The summed E-state index contributed by atoms with van der Waals surface area (Å²) in [6.45, 7) is 1.55. The lowest BCUT2D eigenvalue weighted by molar-refractivity contribution is 0.524. The molecule has 0 bridgehead atoms. The Morgan fingerprint density at radius 1 is 1.35 bits per heavy atom. The molecule has 0 saturated heterocycles. The van der Waals surface area contributed by atoms with Crippen molar-refractivity contribution in [1.29, 1.82) is 0 Å². The molecule has 17 heavy (non-hydrogen) atoms. The van der Waals surface area contributed by atoms with E-state index in [1.807, 2.05) is 0 Å². The fraction of sp³-hybridized carbons (Fsp3) is 0.400. The molecule has 0 spiro atoms. The van der Waals surface area contributed by atoms with Crippen molar-refractivity contribution in [3.05, 3.63) is 35.4 Å². The third-order valence-corrected chi connectivity index (χ3v) is 4.95. The van der Waals surface area contributed by atoms with Gasteiger partial charge in [0.1, 0.15) is 16.3 Å². The van der Waals surface area contributed by atoms with Crippen molar-refractivity contribution < 1.29 is 17.2 Å². The average molecular weight is 328 g/mol. The minimum atomic E-state index is -3.44. The molecule has 7 heteroatoms. The smallest absolute Gasteiger partial charge is 0.212 e. The highest BCUT2D eigenvalue weighted by molar-refractivity contribution is 9.10. The molecule has 1 rings (SSSR count). The number of hydrogen-bond acceptors (Lipinski definition) is 2. The summed E-state index contributed by atoms with van der Waals surface area (Å²) in [4.78, 5) is 0. The standard InChI is InChI=1S/C10H12BrF2NO2S/c1-7(14-17(15,16)6-11)5-8-9(12)3-2-4-10(8)13/h2-4,7,14H,5-6H2,1H3. The van der Waals surface area contributed by atoms with Crippen molar-refractivity contribution in [3.8, 4) is 0 Å². The van der Waals surface area contributed by atoms with Crippen molar-refractivity contribution in [2.45, 2.75) is 19.4 Å². The third-order valence-electron chi connectivity index (χ3n) is 2.10. The van der Waals surface area contributed by atoms with Crippen LogP contribution < -0.4 is 4.72 Å². The lowest BCUT2D eigenvalue weighted by atomic mass is 10.1. The van der Waals surface area contributed by atoms with Gasteiger partial charge in [0.15, 0.2) is 0 Å². The van der Waals surface area contributed by atoms with E-state index in [-0.39, 0.29) is 16.6 Å². The molecule has 0 amide bonds. The van der Waals surface area contributed by atoms with Crippen molar-refractivity contribution >= 4 is 26.0 Å². The Kier molecular flexibility index (Phi) is 5.03. The van der Waals surface area contributed by atoms with E-state index in [0.717, 1.165) is 12.1 Å². The molecule has 3 nitrogen and oxygen atoms in total. The fourth-order valence-corrected chi connectivity index (χ4v) is 2.57. The number of alkyl halides is 1. The van der Waals surface area contributed by atoms with Gasteiger partial charge in [0.25, 0.3) is 0 Å². The Bertz CT molecular complexity index is 473. The Balaban J connectivity index is 2.79. The number of rotatable bonds is 5. The molecule has 1 atom stereocenters. The first-order valence-electron chi connectivity index (χ1n) is 4.84. The van der Waals surface area contributed by atoms with Gasteiger partial charge in [0.2, 0.25) is 10.0 Å². The van der Waals surface area contributed by atoms with Gasteiger partial charge < -0.3 is 0 Å². The second kappa shape index (κ2) is 5.88. The summed E-state index contributed by atoms with van der Waals surface area (Å²) in [7, 11) is -3.44. The predicted octanol–water partition coefficient (Wildman–Crippen LogP) is 2.17. The largest absolute Gasteiger partial charge is 0.221 e. The monoisotopic (exact) mass is 327 g/mol. The van der Waals surface area contributed by atoms with E-state index < -0.39 is 27.7 Å². The zero-order valence-corrected chi connectivity index (χ0v) is 11.5. The zero-order chi connectivity index (χ0) is 13.1. The van der Waals surface area contributed by atoms with E-state index in [0.29, 0.717) is 0 Å². The van der Waals surface area contributed by atoms with Gasteiger partial charge in [0.05, 0.1) is 0 Å². The van der Waals surface area contributed by atoms with Gasteiger partial charge in [-0.05, 0) is 25.5 Å². The molecule has 0 aliphatic rings. The van der Waals surface area contributed by atoms with Gasteiger partial charge in [-0.25, -0.2) is 21.9 Å². The molecule has 0 saturated carbocycles. The maximum Gasteiger partial charge on any atom is 0.221 e. The van der Waals surface area contributed by atoms with Gasteiger partial charge >= 0.3 is 0 Å². The summed E-state index contributed by atoms with van der Waals surface area (Å²) in [5.74, 6) is -1.34. The number of benzene rings is 1. The van der Waals surface area contributed by atoms with Crippen molar-refractivity contribution in [2.24, 2.45) is 0 Å². The molecule has 0 radical (unpaired) electrons. The molecule has 96 valence electrons. The Labute approximate surface area is 107 Å². The number of halogens is 3. The van der Waals surface area contributed by atoms with E-state index in [9.17, 15) is 17.2 Å². The lowest BCUT2D eigenvalue weighted by Gasteiger charge is -2.13. The highest BCUT2D eigenvalue weighted by atomic mass is 79.9. The van der Waals surface area contributed by atoms with Crippen LogP contribution in [0.3, 0.4) is 0 Å². The zero-order valence-electron chi connectivity index (χ0n) is 9.08. The summed E-state index contributed by atoms with van der Waals surface area (Å²) in [6, 6.07) is 2.97. The van der Waals surface area contributed by atoms with Crippen LogP contribution in [-0.2, 0) is 16.4 Å². The first-order valence-corrected chi connectivity index (χ1v) is 7.62. The fourth-order valence-electron chi connectivity index (χ4n) is 1.41. The highest BCUT2D eigenvalue weighted by Crippen LogP contribution is 2.14. The quantitative estimate of drug-likeness (QED) is 0.842. The maximum absolute atomic E-state index is 13.3. The third kappa shape index (κ3) is 4.33. The van der Waals surface area contributed by atoms with Crippen LogP contribution in [0, 0.1) is 11.6 Å². The van der Waals surface area contributed by atoms with Gasteiger partial charge in [-0.3, -0.25) is 0 Å². The molecule has 0 aromatic heterocycles. The van der Waals surface area contributed by atoms with E-state index in [2.05, 4.69) is 20.7 Å². The van der Waals surface area contributed by atoms with Crippen LogP contribution in [0.25, 0.3) is 0 Å². The summed E-state index contributed by atoms with van der Waals surface area (Å²) < 4.78 is 51.1. The Hall–Kier alpha value is -0.530. The topological polar surface area (TPSA) is 46.2 Å². The molecule has 1 unspecified atom stereocenters. The van der Waals surface area contributed by atoms with E-state index in [1.165, 1.54) is 6.07 Å². The summed E-state index contributed by atoms with van der Waals surface area (Å²) in [5, 5.41) is 0. The number of nitrogens with one attached hydrogen (secondary N) is 1.